The number of likely N-dealkylation sites (N-methyl/N-ethyl adjacent to an activating group) is 1. The second-order valence-corrected chi connectivity index (χ2v) is 6.97. The van der Waals surface area contributed by atoms with E-state index in [9.17, 15) is 0 Å². The number of ether oxygens (including phenoxy) is 2. The van der Waals surface area contributed by atoms with Crippen molar-refractivity contribution in [1.82, 2.24) is 5.32 Å². The highest BCUT2D eigenvalue weighted by atomic mass is 16.5. The van der Waals surface area contributed by atoms with Crippen LogP contribution >= 0.6 is 0 Å². The van der Waals surface area contributed by atoms with Crippen LogP contribution in [0, 0.1) is 5.92 Å². The minimum absolute atomic E-state index is 0.0366. The molecule has 1 N–H and O–H groups in total. The van der Waals surface area contributed by atoms with Crippen LogP contribution in [0.5, 0.6) is 0 Å². The van der Waals surface area contributed by atoms with E-state index in [1.165, 1.54) is 25.7 Å². The standard InChI is InChI=1S/C16H33NO2/c1-6-17-13-16(9-7-8-14(2)12-16)19-11-10-18-15(3,4)5/h14,17H,6-13H2,1-5H3. The molecule has 2 atom stereocenters. The first kappa shape index (κ1) is 16.9. The molecular weight excluding hydrogens is 238 g/mol. The van der Waals surface area contributed by atoms with Gasteiger partial charge in [0.05, 0.1) is 24.4 Å². The summed E-state index contributed by atoms with van der Waals surface area (Å²) in [6.07, 6.45) is 4.98. The van der Waals surface area contributed by atoms with Crippen LogP contribution in [0.3, 0.4) is 0 Å². The minimum atomic E-state index is -0.0714. The van der Waals surface area contributed by atoms with Gasteiger partial charge in [-0.1, -0.05) is 26.7 Å². The summed E-state index contributed by atoms with van der Waals surface area (Å²) in [6, 6.07) is 0. The third kappa shape index (κ3) is 6.73. The highest BCUT2D eigenvalue weighted by Crippen LogP contribution is 2.34. The molecule has 1 aliphatic carbocycles. The van der Waals surface area contributed by atoms with E-state index in [-0.39, 0.29) is 11.2 Å². The van der Waals surface area contributed by atoms with E-state index >= 15 is 0 Å². The van der Waals surface area contributed by atoms with Gasteiger partial charge in [-0.25, -0.2) is 0 Å². The Kier molecular flexibility index (Phi) is 6.78. The maximum Gasteiger partial charge on any atom is 0.0810 e. The fourth-order valence-electron chi connectivity index (χ4n) is 2.91. The quantitative estimate of drug-likeness (QED) is 0.720. The van der Waals surface area contributed by atoms with Gasteiger partial charge in [0.2, 0.25) is 0 Å². The SMILES string of the molecule is CCNCC1(OCCOC(C)(C)C)CCCC(C)C1. The Labute approximate surface area is 119 Å². The second-order valence-electron chi connectivity index (χ2n) is 6.97. The van der Waals surface area contributed by atoms with Gasteiger partial charge in [-0.15, -0.1) is 0 Å². The smallest absolute Gasteiger partial charge is 0.0810 e. The number of hydrogen-bond acceptors (Lipinski definition) is 3. The van der Waals surface area contributed by atoms with Crippen molar-refractivity contribution in [3.8, 4) is 0 Å². The maximum atomic E-state index is 6.25. The zero-order valence-corrected chi connectivity index (χ0v) is 13.6. The molecule has 1 saturated carbocycles. The highest BCUT2D eigenvalue weighted by Gasteiger charge is 2.35. The van der Waals surface area contributed by atoms with E-state index < -0.39 is 0 Å². The number of hydrogen-bond donors (Lipinski definition) is 1. The lowest BCUT2D eigenvalue weighted by Crippen LogP contribution is -2.47. The van der Waals surface area contributed by atoms with Crippen molar-refractivity contribution in [3.63, 3.8) is 0 Å². The minimum Gasteiger partial charge on any atom is -0.373 e. The molecule has 3 nitrogen and oxygen atoms in total. The lowest BCUT2D eigenvalue weighted by atomic mass is 9.78. The average molecular weight is 271 g/mol. The second kappa shape index (κ2) is 7.61. The Morgan fingerprint density at radius 1 is 1.26 bits per heavy atom. The van der Waals surface area contributed by atoms with Gasteiger partial charge in [-0.2, -0.15) is 0 Å². The lowest BCUT2D eigenvalue weighted by Gasteiger charge is -2.40. The molecule has 19 heavy (non-hydrogen) atoms. The Morgan fingerprint density at radius 2 is 2.00 bits per heavy atom. The van der Waals surface area contributed by atoms with Crippen LogP contribution in [0.1, 0.15) is 60.3 Å². The topological polar surface area (TPSA) is 30.5 Å². The molecule has 0 bridgehead atoms. The molecule has 0 aromatic rings. The molecule has 0 amide bonds. The molecule has 2 unspecified atom stereocenters. The van der Waals surface area contributed by atoms with Gasteiger partial charge < -0.3 is 14.8 Å². The molecule has 0 spiro atoms. The Balaban J connectivity index is 2.41. The van der Waals surface area contributed by atoms with Crippen LogP contribution in [-0.2, 0) is 9.47 Å². The number of rotatable bonds is 7. The van der Waals surface area contributed by atoms with Gasteiger partial charge in [0.25, 0.3) is 0 Å². The fraction of sp³-hybridized carbons (Fsp3) is 1.00. The van der Waals surface area contributed by atoms with Gasteiger partial charge in [0.15, 0.2) is 0 Å². The molecule has 1 aliphatic rings. The van der Waals surface area contributed by atoms with E-state index in [1.54, 1.807) is 0 Å². The highest BCUT2D eigenvalue weighted by molar-refractivity contribution is 4.89. The molecule has 114 valence electrons. The van der Waals surface area contributed by atoms with E-state index in [4.69, 9.17) is 9.47 Å². The van der Waals surface area contributed by atoms with Crippen molar-refractivity contribution in [1.29, 1.82) is 0 Å². The monoisotopic (exact) mass is 271 g/mol. The molecule has 0 aliphatic heterocycles. The predicted molar refractivity (Wildman–Crippen MR) is 80.6 cm³/mol. The van der Waals surface area contributed by atoms with E-state index in [0.29, 0.717) is 13.2 Å². The molecule has 1 rings (SSSR count). The van der Waals surface area contributed by atoms with Crippen LogP contribution < -0.4 is 5.32 Å². The molecule has 3 heteroatoms. The normalized spacial score (nSPS) is 28.6. The lowest BCUT2D eigenvalue weighted by molar-refractivity contribution is -0.112. The van der Waals surface area contributed by atoms with Crippen LogP contribution in [0.4, 0.5) is 0 Å². The van der Waals surface area contributed by atoms with Crippen LogP contribution in [0.2, 0.25) is 0 Å². The van der Waals surface area contributed by atoms with E-state index in [1.807, 2.05) is 0 Å². The first-order valence-electron chi connectivity index (χ1n) is 7.85. The Hall–Kier alpha value is -0.120. The summed E-state index contributed by atoms with van der Waals surface area (Å²) >= 11 is 0. The third-order valence-electron chi connectivity index (χ3n) is 3.77. The molecule has 0 heterocycles. The van der Waals surface area contributed by atoms with Crippen LogP contribution in [0.15, 0.2) is 0 Å². The van der Waals surface area contributed by atoms with Crippen molar-refractivity contribution in [2.45, 2.75) is 71.5 Å². The molecule has 0 aromatic carbocycles. The van der Waals surface area contributed by atoms with Gasteiger partial charge in [-0.05, 0) is 46.1 Å². The van der Waals surface area contributed by atoms with Crippen molar-refractivity contribution in [3.05, 3.63) is 0 Å². The van der Waals surface area contributed by atoms with Crippen molar-refractivity contribution < 1.29 is 9.47 Å². The Morgan fingerprint density at radius 3 is 2.58 bits per heavy atom. The first-order chi connectivity index (χ1) is 8.87. The molecule has 0 aromatic heterocycles. The fourth-order valence-corrected chi connectivity index (χ4v) is 2.91. The van der Waals surface area contributed by atoms with Crippen molar-refractivity contribution in [2.75, 3.05) is 26.3 Å². The zero-order valence-electron chi connectivity index (χ0n) is 13.6. The zero-order chi connectivity index (χ0) is 14.4. The van der Waals surface area contributed by atoms with E-state index in [2.05, 4.69) is 39.9 Å². The Bertz CT molecular complexity index is 250. The maximum absolute atomic E-state index is 6.25. The van der Waals surface area contributed by atoms with Crippen LogP contribution in [0.25, 0.3) is 0 Å². The number of nitrogens with one attached hydrogen (secondary N) is 1. The third-order valence-corrected chi connectivity index (χ3v) is 3.77. The first-order valence-corrected chi connectivity index (χ1v) is 7.85. The largest absolute Gasteiger partial charge is 0.373 e. The van der Waals surface area contributed by atoms with Gasteiger partial charge >= 0.3 is 0 Å². The van der Waals surface area contributed by atoms with Gasteiger partial charge in [0, 0.05) is 6.54 Å². The average Bonchev–Trinajstić information content (AvgIpc) is 2.31. The molecular formula is C16H33NO2. The molecule has 1 fully saturated rings. The summed E-state index contributed by atoms with van der Waals surface area (Å²) in [5.74, 6) is 0.774. The summed E-state index contributed by atoms with van der Waals surface area (Å²) in [6.45, 7) is 14.1. The summed E-state index contributed by atoms with van der Waals surface area (Å²) in [7, 11) is 0. The van der Waals surface area contributed by atoms with Crippen molar-refractivity contribution >= 4 is 0 Å². The summed E-state index contributed by atoms with van der Waals surface area (Å²) in [5, 5.41) is 3.47. The summed E-state index contributed by atoms with van der Waals surface area (Å²) in [5.41, 5.74) is -0.0348. The van der Waals surface area contributed by atoms with Crippen LogP contribution in [-0.4, -0.2) is 37.5 Å². The molecule has 0 radical (unpaired) electrons. The predicted octanol–water partition coefficient (Wildman–Crippen LogP) is 3.38. The van der Waals surface area contributed by atoms with Gasteiger partial charge in [0.1, 0.15) is 0 Å². The molecule has 0 saturated heterocycles. The summed E-state index contributed by atoms with van der Waals surface area (Å²) < 4.78 is 12.0. The van der Waals surface area contributed by atoms with Crippen molar-refractivity contribution in [2.24, 2.45) is 5.92 Å². The van der Waals surface area contributed by atoms with Gasteiger partial charge in [-0.3, -0.25) is 0 Å². The van der Waals surface area contributed by atoms with E-state index in [0.717, 1.165) is 19.0 Å². The summed E-state index contributed by atoms with van der Waals surface area (Å²) in [4.78, 5) is 0.